The van der Waals surface area contributed by atoms with Gasteiger partial charge in [0.25, 0.3) is 5.91 Å². The molecule has 1 saturated carbocycles. The minimum absolute atomic E-state index is 0.205. The smallest absolute Gasteiger partial charge is 0.322 e. The standard InChI is InChI=1S/C11H14N2O2.3C2H6/c1-3-7-5-11(6-8(7)4-2)9(14)12-10(15)13-11;3*1-2/h3-4H,5-6H2,1-2H3,(H2,12,13,14,15);3*1-2H3/b7-3-,8-4-;;;. The van der Waals surface area contributed by atoms with Gasteiger partial charge in [0.15, 0.2) is 0 Å². The third-order valence-corrected chi connectivity index (χ3v) is 3.11. The molecule has 3 amide bonds. The Hall–Kier alpha value is -1.58. The summed E-state index contributed by atoms with van der Waals surface area (Å²) in [6.45, 7) is 15.9. The second-order valence-electron chi connectivity index (χ2n) is 3.97. The van der Waals surface area contributed by atoms with Crippen LogP contribution in [0.15, 0.2) is 23.3 Å². The summed E-state index contributed by atoms with van der Waals surface area (Å²) in [5.74, 6) is -0.205. The molecule has 2 rings (SSSR count). The monoisotopic (exact) mass is 296 g/mol. The molecule has 4 nitrogen and oxygen atoms in total. The van der Waals surface area contributed by atoms with Crippen molar-refractivity contribution in [3.05, 3.63) is 23.3 Å². The summed E-state index contributed by atoms with van der Waals surface area (Å²) < 4.78 is 0. The van der Waals surface area contributed by atoms with Crippen LogP contribution >= 0.6 is 0 Å². The molecule has 0 radical (unpaired) electrons. The normalized spacial score (nSPS) is 21.5. The number of nitrogens with one attached hydrogen (secondary N) is 2. The van der Waals surface area contributed by atoms with Crippen molar-refractivity contribution in [3.8, 4) is 0 Å². The third-order valence-electron chi connectivity index (χ3n) is 3.11. The zero-order valence-corrected chi connectivity index (χ0v) is 14.9. The second-order valence-corrected chi connectivity index (χ2v) is 3.97. The van der Waals surface area contributed by atoms with Crippen LogP contribution in [0.3, 0.4) is 0 Å². The largest absolute Gasteiger partial charge is 0.323 e. The fourth-order valence-electron chi connectivity index (χ4n) is 2.29. The minimum Gasteiger partial charge on any atom is -0.323 e. The maximum Gasteiger partial charge on any atom is 0.322 e. The molecule has 0 atom stereocenters. The van der Waals surface area contributed by atoms with E-state index in [9.17, 15) is 9.59 Å². The maximum atomic E-state index is 11.7. The Morgan fingerprint density at radius 2 is 1.24 bits per heavy atom. The zero-order valence-electron chi connectivity index (χ0n) is 14.9. The highest BCUT2D eigenvalue weighted by Crippen LogP contribution is 2.40. The number of hydrogen-bond acceptors (Lipinski definition) is 2. The highest BCUT2D eigenvalue weighted by Gasteiger charge is 2.50. The first-order valence-electron chi connectivity index (χ1n) is 8.05. The summed E-state index contributed by atoms with van der Waals surface area (Å²) in [4.78, 5) is 22.8. The van der Waals surface area contributed by atoms with Crippen LogP contribution in [0, 0.1) is 0 Å². The lowest BCUT2D eigenvalue weighted by atomic mass is 9.97. The van der Waals surface area contributed by atoms with Crippen molar-refractivity contribution in [1.29, 1.82) is 0 Å². The Balaban J connectivity index is 0. The van der Waals surface area contributed by atoms with Crippen LogP contribution in [-0.4, -0.2) is 17.5 Å². The predicted octanol–water partition coefficient (Wildman–Crippen LogP) is 4.33. The van der Waals surface area contributed by atoms with Gasteiger partial charge in [-0.15, -0.1) is 0 Å². The van der Waals surface area contributed by atoms with Gasteiger partial charge < -0.3 is 5.32 Å². The van der Waals surface area contributed by atoms with Gasteiger partial charge >= 0.3 is 6.03 Å². The maximum absolute atomic E-state index is 11.7. The molecule has 1 saturated heterocycles. The Labute approximate surface area is 130 Å². The molecule has 0 aromatic heterocycles. The summed E-state index contributed by atoms with van der Waals surface area (Å²) >= 11 is 0. The average Bonchev–Trinajstić information content (AvgIpc) is 3.05. The summed E-state index contributed by atoms with van der Waals surface area (Å²) in [5.41, 5.74) is 1.57. The molecule has 2 N–H and O–H groups in total. The van der Waals surface area contributed by atoms with Gasteiger partial charge in [0.05, 0.1) is 0 Å². The highest BCUT2D eigenvalue weighted by atomic mass is 16.2. The Bertz CT molecular complexity index is 376. The first kappa shape index (κ1) is 21.7. The van der Waals surface area contributed by atoms with Crippen LogP contribution in [0.25, 0.3) is 0 Å². The van der Waals surface area contributed by atoms with Crippen molar-refractivity contribution in [1.82, 2.24) is 10.6 Å². The predicted molar refractivity (Wildman–Crippen MR) is 90.2 cm³/mol. The third kappa shape index (κ3) is 5.03. The molecule has 4 heteroatoms. The topological polar surface area (TPSA) is 58.2 Å². The van der Waals surface area contributed by atoms with E-state index in [1.54, 1.807) is 0 Å². The number of carbonyl (C=O) groups excluding carboxylic acids is 2. The van der Waals surface area contributed by atoms with E-state index in [1.807, 2.05) is 67.5 Å². The van der Waals surface area contributed by atoms with Crippen molar-refractivity contribution < 1.29 is 9.59 Å². The van der Waals surface area contributed by atoms with Crippen LogP contribution in [0.4, 0.5) is 4.79 Å². The van der Waals surface area contributed by atoms with E-state index in [2.05, 4.69) is 10.6 Å². The number of allylic oxidation sites excluding steroid dienone is 2. The number of urea groups is 1. The molecular formula is C17H32N2O2. The summed E-state index contributed by atoms with van der Waals surface area (Å²) in [5, 5.41) is 5.02. The molecule has 0 bridgehead atoms. The van der Waals surface area contributed by atoms with Gasteiger partial charge in [0, 0.05) is 12.8 Å². The first-order valence-corrected chi connectivity index (χ1v) is 8.05. The van der Waals surface area contributed by atoms with Crippen LogP contribution in [0.5, 0.6) is 0 Å². The van der Waals surface area contributed by atoms with Gasteiger partial charge in [0.1, 0.15) is 5.54 Å². The van der Waals surface area contributed by atoms with Gasteiger partial charge in [0.2, 0.25) is 0 Å². The van der Waals surface area contributed by atoms with E-state index in [0.717, 1.165) is 11.1 Å². The molecule has 2 aliphatic rings. The Morgan fingerprint density at radius 3 is 1.48 bits per heavy atom. The number of rotatable bonds is 0. The van der Waals surface area contributed by atoms with Crippen molar-refractivity contribution in [2.75, 3.05) is 0 Å². The number of carbonyl (C=O) groups is 2. The summed E-state index contributed by atoms with van der Waals surface area (Å²) in [6, 6.07) is -0.382. The molecular weight excluding hydrogens is 264 g/mol. The lowest BCUT2D eigenvalue weighted by Crippen LogP contribution is -2.43. The number of hydrogen-bond donors (Lipinski definition) is 2. The van der Waals surface area contributed by atoms with E-state index in [0.29, 0.717) is 12.8 Å². The average molecular weight is 296 g/mol. The Kier molecular flexibility index (Phi) is 11.5. The molecule has 1 aliphatic carbocycles. The number of imide groups is 1. The SMILES string of the molecule is C/C=C1/CC2(C/C1=C/C)NC(=O)NC2=O.CC.CC.CC. The van der Waals surface area contributed by atoms with Gasteiger partial charge in [-0.2, -0.15) is 0 Å². The van der Waals surface area contributed by atoms with Gasteiger partial charge in [-0.3, -0.25) is 10.1 Å². The van der Waals surface area contributed by atoms with E-state index < -0.39 is 5.54 Å². The molecule has 2 fully saturated rings. The summed E-state index contributed by atoms with van der Waals surface area (Å²) in [6.07, 6.45) is 5.20. The quantitative estimate of drug-likeness (QED) is 0.654. The van der Waals surface area contributed by atoms with Crippen LogP contribution < -0.4 is 10.6 Å². The molecule has 1 spiro atoms. The fraction of sp³-hybridized carbons (Fsp3) is 0.647. The van der Waals surface area contributed by atoms with E-state index in [-0.39, 0.29) is 11.9 Å². The van der Waals surface area contributed by atoms with Crippen molar-refractivity contribution in [2.45, 2.75) is 73.8 Å². The number of amides is 3. The van der Waals surface area contributed by atoms with E-state index in [4.69, 9.17) is 0 Å². The molecule has 0 aromatic rings. The second kappa shape index (κ2) is 11.1. The van der Waals surface area contributed by atoms with Crippen molar-refractivity contribution in [2.24, 2.45) is 0 Å². The van der Waals surface area contributed by atoms with E-state index in [1.165, 1.54) is 0 Å². The lowest BCUT2D eigenvalue weighted by molar-refractivity contribution is -0.123. The summed E-state index contributed by atoms with van der Waals surface area (Å²) in [7, 11) is 0. The highest BCUT2D eigenvalue weighted by molar-refractivity contribution is 6.08. The molecule has 0 aromatic carbocycles. The van der Waals surface area contributed by atoms with Gasteiger partial charge in [-0.1, -0.05) is 53.7 Å². The molecule has 21 heavy (non-hydrogen) atoms. The van der Waals surface area contributed by atoms with Crippen LogP contribution in [0.1, 0.15) is 68.2 Å². The van der Waals surface area contributed by atoms with E-state index >= 15 is 0 Å². The lowest BCUT2D eigenvalue weighted by Gasteiger charge is -2.17. The first-order chi connectivity index (χ1) is 10.1. The molecule has 0 unspecified atom stereocenters. The van der Waals surface area contributed by atoms with Crippen molar-refractivity contribution >= 4 is 11.9 Å². The zero-order chi connectivity index (χ0) is 17.1. The molecule has 1 heterocycles. The Morgan fingerprint density at radius 1 is 0.857 bits per heavy atom. The minimum atomic E-state index is -0.721. The van der Waals surface area contributed by atoms with Crippen LogP contribution in [0.2, 0.25) is 0 Å². The molecule has 1 aliphatic heterocycles. The van der Waals surface area contributed by atoms with Crippen molar-refractivity contribution in [3.63, 3.8) is 0 Å². The molecule has 122 valence electrons. The van der Waals surface area contributed by atoms with Crippen LogP contribution in [-0.2, 0) is 4.79 Å². The fourth-order valence-corrected chi connectivity index (χ4v) is 2.29. The van der Waals surface area contributed by atoms with Gasteiger partial charge in [-0.25, -0.2) is 4.79 Å². The van der Waals surface area contributed by atoms with Gasteiger partial charge in [-0.05, 0) is 25.0 Å².